The lowest BCUT2D eigenvalue weighted by atomic mass is 9.94. The zero-order valence-electron chi connectivity index (χ0n) is 20.4. The predicted octanol–water partition coefficient (Wildman–Crippen LogP) is 5.30. The zero-order valence-corrected chi connectivity index (χ0v) is 20.4. The average molecular weight is 510 g/mol. The number of nitrogens with zero attached hydrogens (tertiary/aromatic N) is 1. The predicted molar refractivity (Wildman–Crippen MR) is 141 cm³/mol. The second-order valence-corrected chi connectivity index (χ2v) is 8.93. The minimum atomic E-state index is -0.998. The number of aliphatic hydroxyl groups excluding tert-OH is 1. The number of fused-ring (bicyclic) bond motifs is 2. The van der Waals surface area contributed by atoms with E-state index in [0.717, 1.165) is 10.8 Å². The molecule has 4 aromatic carbocycles. The van der Waals surface area contributed by atoms with E-state index in [9.17, 15) is 19.8 Å². The summed E-state index contributed by atoms with van der Waals surface area (Å²) in [5, 5.41) is 23.6. The van der Waals surface area contributed by atoms with E-state index in [4.69, 9.17) is 14.2 Å². The Bertz CT molecular complexity index is 1640. The van der Waals surface area contributed by atoms with Crippen molar-refractivity contribution in [3.63, 3.8) is 0 Å². The molecule has 0 spiro atoms. The summed E-state index contributed by atoms with van der Waals surface area (Å²) in [5.41, 5.74) is 1.20. The number of Topliss-reactive ketones (excluding diaryl/α,β-unsaturated/α-hetero) is 1. The van der Waals surface area contributed by atoms with Gasteiger partial charge in [-0.2, -0.15) is 0 Å². The summed E-state index contributed by atoms with van der Waals surface area (Å²) >= 11 is 0. The molecule has 0 aromatic heterocycles. The largest absolute Gasteiger partial charge is 0.507 e. The van der Waals surface area contributed by atoms with E-state index >= 15 is 0 Å². The molecule has 2 aliphatic heterocycles. The maximum absolute atomic E-state index is 13.5. The van der Waals surface area contributed by atoms with Crippen molar-refractivity contribution in [2.24, 2.45) is 0 Å². The first kappa shape index (κ1) is 23.4. The quantitative estimate of drug-likeness (QED) is 0.214. The number of rotatable bonds is 5. The topological polar surface area (TPSA) is 106 Å². The molecule has 1 amide bonds. The highest BCUT2D eigenvalue weighted by molar-refractivity contribution is 6.51. The van der Waals surface area contributed by atoms with Gasteiger partial charge in [0, 0.05) is 17.3 Å². The molecule has 0 radical (unpaired) electrons. The molecule has 2 heterocycles. The Balaban J connectivity index is 1.56. The Morgan fingerprint density at radius 1 is 0.947 bits per heavy atom. The van der Waals surface area contributed by atoms with Gasteiger partial charge in [-0.1, -0.05) is 42.5 Å². The second-order valence-electron chi connectivity index (χ2n) is 8.93. The average Bonchev–Trinajstić information content (AvgIpc) is 3.51. The van der Waals surface area contributed by atoms with E-state index in [1.165, 1.54) is 11.0 Å². The van der Waals surface area contributed by atoms with Gasteiger partial charge in [-0.05, 0) is 53.6 Å². The maximum atomic E-state index is 13.5. The molecule has 0 bridgehead atoms. The van der Waals surface area contributed by atoms with E-state index in [2.05, 4.69) is 0 Å². The summed E-state index contributed by atoms with van der Waals surface area (Å²) in [7, 11) is 0. The van der Waals surface area contributed by atoms with Crippen molar-refractivity contribution in [2.75, 3.05) is 18.3 Å². The van der Waals surface area contributed by atoms with Crippen molar-refractivity contribution in [3.05, 3.63) is 95.6 Å². The van der Waals surface area contributed by atoms with Gasteiger partial charge >= 0.3 is 0 Å². The molecular formula is C30H23NO7. The lowest BCUT2D eigenvalue weighted by Crippen LogP contribution is -2.29. The summed E-state index contributed by atoms with van der Waals surface area (Å²) in [6.45, 7) is 2.14. The minimum absolute atomic E-state index is 0.0542. The number of phenolic OH excluding ortho intramolecular Hbond substituents is 1. The second kappa shape index (κ2) is 9.15. The third-order valence-corrected chi connectivity index (χ3v) is 6.70. The van der Waals surface area contributed by atoms with Gasteiger partial charge in [0.05, 0.1) is 18.2 Å². The number of ether oxygens (including phenoxy) is 3. The van der Waals surface area contributed by atoms with E-state index in [1.54, 1.807) is 49.4 Å². The molecule has 2 aliphatic rings. The zero-order chi connectivity index (χ0) is 26.4. The van der Waals surface area contributed by atoms with Crippen LogP contribution in [0, 0.1) is 0 Å². The Morgan fingerprint density at radius 2 is 1.74 bits per heavy atom. The fourth-order valence-corrected chi connectivity index (χ4v) is 4.91. The molecule has 6 rings (SSSR count). The molecule has 190 valence electrons. The molecule has 0 saturated carbocycles. The molecule has 8 nitrogen and oxygen atoms in total. The van der Waals surface area contributed by atoms with Crippen LogP contribution in [0.5, 0.6) is 23.0 Å². The van der Waals surface area contributed by atoms with Crippen LogP contribution in [0.4, 0.5) is 5.69 Å². The molecule has 0 aliphatic carbocycles. The van der Waals surface area contributed by atoms with Crippen LogP contribution in [-0.4, -0.2) is 35.3 Å². The van der Waals surface area contributed by atoms with Gasteiger partial charge in [0.15, 0.2) is 23.0 Å². The van der Waals surface area contributed by atoms with Crippen LogP contribution < -0.4 is 19.1 Å². The summed E-state index contributed by atoms with van der Waals surface area (Å²) in [6, 6.07) is 21.6. The number of aliphatic hydroxyl groups is 1. The highest BCUT2D eigenvalue weighted by Gasteiger charge is 2.47. The standard InChI is InChI=1S/C30H23NO7/c1-2-36-24-14-19(9-11-22(24)32)27-26(28(33)20-8-7-17-5-3-4-6-18(17)13-20)29(34)30(35)31(27)21-10-12-23-25(15-21)38-16-37-23/h3-15,27,32-33H,2,16H2,1H3/b28-26+. The Morgan fingerprint density at radius 3 is 2.55 bits per heavy atom. The molecule has 38 heavy (non-hydrogen) atoms. The molecule has 2 N–H and O–H groups in total. The van der Waals surface area contributed by atoms with Crippen molar-refractivity contribution in [1.82, 2.24) is 0 Å². The third-order valence-electron chi connectivity index (χ3n) is 6.70. The molecular weight excluding hydrogens is 486 g/mol. The fraction of sp³-hybridized carbons (Fsp3) is 0.133. The third kappa shape index (κ3) is 3.78. The van der Waals surface area contributed by atoms with Crippen LogP contribution in [0.1, 0.15) is 24.1 Å². The summed E-state index contributed by atoms with van der Waals surface area (Å²) < 4.78 is 16.5. The minimum Gasteiger partial charge on any atom is -0.507 e. The number of amides is 1. The summed E-state index contributed by atoms with van der Waals surface area (Å²) in [5.74, 6) is -0.836. The van der Waals surface area contributed by atoms with Gasteiger partial charge in [-0.3, -0.25) is 14.5 Å². The van der Waals surface area contributed by atoms with Gasteiger partial charge in [-0.15, -0.1) is 0 Å². The lowest BCUT2D eigenvalue weighted by Gasteiger charge is -2.26. The SMILES string of the molecule is CCOc1cc(C2/C(=C(\O)c3ccc4ccccc4c3)C(=O)C(=O)N2c2ccc3c(c2)OCO3)ccc1O. The summed E-state index contributed by atoms with van der Waals surface area (Å²) in [6.07, 6.45) is 0. The Hall–Kier alpha value is -4.98. The number of anilines is 1. The fourth-order valence-electron chi connectivity index (χ4n) is 4.91. The number of aromatic hydroxyl groups is 1. The van der Waals surface area contributed by atoms with E-state index in [0.29, 0.717) is 34.9 Å². The number of carbonyl (C=O) groups is 2. The monoisotopic (exact) mass is 509 g/mol. The number of hydrogen-bond acceptors (Lipinski definition) is 7. The van der Waals surface area contributed by atoms with Crippen LogP contribution in [0.15, 0.2) is 84.4 Å². The highest BCUT2D eigenvalue weighted by atomic mass is 16.7. The number of phenols is 1. The van der Waals surface area contributed by atoms with Crippen molar-refractivity contribution in [2.45, 2.75) is 13.0 Å². The smallest absolute Gasteiger partial charge is 0.300 e. The van der Waals surface area contributed by atoms with Gasteiger partial charge in [0.1, 0.15) is 5.76 Å². The van der Waals surface area contributed by atoms with Gasteiger partial charge in [-0.25, -0.2) is 0 Å². The maximum Gasteiger partial charge on any atom is 0.300 e. The van der Waals surface area contributed by atoms with E-state index < -0.39 is 17.7 Å². The van der Waals surface area contributed by atoms with Crippen molar-refractivity contribution < 1.29 is 34.0 Å². The lowest BCUT2D eigenvalue weighted by molar-refractivity contribution is -0.132. The van der Waals surface area contributed by atoms with Gasteiger partial charge in [0.2, 0.25) is 6.79 Å². The van der Waals surface area contributed by atoms with Crippen LogP contribution in [0.3, 0.4) is 0 Å². The molecule has 4 aromatic rings. The van der Waals surface area contributed by atoms with Crippen LogP contribution in [0.25, 0.3) is 16.5 Å². The Labute approximate surface area is 217 Å². The number of ketones is 1. The number of carbonyl (C=O) groups excluding carboxylic acids is 2. The van der Waals surface area contributed by atoms with Gasteiger partial charge < -0.3 is 24.4 Å². The molecule has 1 fully saturated rings. The van der Waals surface area contributed by atoms with Crippen molar-refractivity contribution >= 4 is 33.9 Å². The Kier molecular flexibility index (Phi) is 5.64. The van der Waals surface area contributed by atoms with Crippen molar-refractivity contribution in [1.29, 1.82) is 0 Å². The first-order valence-corrected chi connectivity index (χ1v) is 12.1. The molecule has 1 saturated heterocycles. The molecule has 1 atom stereocenters. The van der Waals surface area contributed by atoms with Crippen molar-refractivity contribution in [3.8, 4) is 23.0 Å². The van der Waals surface area contributed by atoms with Crippen LogP contribution in [-0.2, 0) is 9.59 Å². The van der Waals surface area contributed by atoms with E-state index in [1.807, 2.05) is 30.3 Å². The summed E-state index contributed by atoms with van der Waals surface area (Å²) in [4.78, 5) is 28.3. The normalized spacial score (nSPS) is 17.8. The highest BCUT2D eigenvalue weighted by Crippen LogP contribution is 2.46. The molecule has 1 unspecified atom stereocenters. The first-order chi connectivity index (χ1) is 18.5. The van der Waals surface area contributed by atoms with Gasteiger partial charge in [0.25, 0.3) is 11.7 Å². The van der Waals surface area contributed by atoms with Crippen LogP contribution in [0.2, 0.25) is 0 Å². The van der Waals surface area contributed by atoms with E-state index in [-0.39, 0.29) is 29.6 Å². The first-order valence-electron chi connectivity index (χ1n) is 12.1. The number of hydrogen-bond donors (Lipinski definition) is 2. The number of benzene rings is 4. The molecule has 8 heteroatoms. The van der Waals surface area contributed by atoms with Crippen LogP contribution >= 0.6 is 0 Å².